The topological polar surface area (TPSA) is 0 Å². The van der Waals surface area contributed by atoms with E-state index >= 15 is 0 Å². The van der Waals surface area contributed by atoms with E-state index in [-0.39, 0.29) is 17.0 Å². The van der Waals surface area contributed by atoms with Gasteiger partial charge in [-0.2, -0.15) is 0 Å². The Labute approximate surface area is 263 Å². The van der Waals surface area contributed by atoms with Gasteiger partial charge in [0.2, 0.25) is 0 Å². The van der Waals surface area contributed by atoms with Crippen molar-refractivity contribution in [2.75, 3.05) is 0 Å². The normalized spacial score (nSPS) is 16.8. The lowest BCUT2D eigenvalue weighted by Gasteiger charge is -2.28. The molecular weight excluding hydrogens is 591 g/mol. The van der Waals surface area contributed by atoms with Gasteiger partial charge in [0, 0.05) is 0 Å². The second kappa shape index (κ2) is 14.3. The van der Waals surface area contributed by atoms with Crippen LogP contribution in [0.15, 0.2) is 152 Å². The molecule has 6 rings (SSSR count). The van der Waals surface area contributed by atoms with E-state index in [0.29, 0.717) is 5.92 Å². The van der Waals surface area contributed by atoms with Gasteiger partial charge in [-0.1, -0.05) is 109 Å². The van der Waals surface area contributed by atoms with E-state index in [1.807, 2.05) is 0 Å². The van der Waals surface area contributed by atoms with Crippen LogP contribution in [0.3, 0.4) is 0 Å². The molecule has 1 aliphatic rings. The molecule has 0 heterocycles. The van der Waals surface area contributed by atoms with Gasteiger partial charge in [-0.3, -0.25) is 0 Å². The first-order chi connectivity index (χ1) is 20.3. The molecule has 0 radical (unpaired) electrons. The molecule has 212 valence electrons. The molecule has 1 saturated carbocycles. The van der Waals surface area contributed by atoms with Crippen molar-refractivity contribution in [2.24, 2.45) is 5.92 Å². The van der Waals surface area contributed by atoms with E-state index in [1.165, 1.54) is 70.3 Å². The number of benzene rings is 5. The Bertz CT molecular complexity index is 1420. The molecule has 0 amide bonds. The summed E-state index contributed by atoms with van der Waals surface area (Å²) in [6.07, 6.45) is 9.55. The first-order valence-electron chi connectivity index (χ1n) is 15.1. The molecule has 0 bridgehead atoms. The summed E-state index contributed by atoms with van der Waals surface area (Å²) in [7, 11) is -1.90. The molecule has 2 heteroatoms. The summed E-state index contributed by atoms with van der Waals surface area (Å²) in [5.41, 5.74) is 5.48. The zero-order valence-corrected chi connectivity index (χ0v) is 26.8. The molecule has 1 aliphatic carbocycles. The molecule has 0 aromatic heterocycles. The van der Waals surface area contributed by atoms with Gasteiger partial charge in [-0.25, -0.2) is 0 Å². The third-order valence-electron chi connectivity index (χ3n) is 9.03. The van der Waals surface area contributed by atoms with E-state index in [4.69, 9.17) is 0 Å². The Hall–Kier alpha value is -3.25. The van der Waals surface area contributed by atoms with Crippen LogP contribution in [-0.2, 0) is 6.16 Å². The molecule has 0 unspecified atom stereocenters. The van der Waals surface area contributed by atoms with Gasteiger partial charge >= 0.3 is 0 Å². The lowest BCUT2D eigenvalue weighted by Crippen LogP contribution is -3.00. The summed E-state index contributed by atoms with van der Waals surface area (Å²) in [6, 6.07) is 52.3. The van der Waals surface area contributed by atoms with Crippen molar-refractivity contribution in [2.45, 2.75) is 44.2 Å². The van der Waals surface area contributed by atoms with Crippen molar-refractivity contribution >= 4 is 23.2 Å². The highest BCUT2D eigenvalue weighted by atomic mass is 79.9. The van der Waals surface area contributed by atoms with Gasteiger partial charge in [-0.05, 0) is 103 Å². The molecule has 1 fully saturated rings. The van der Waals surface area contributed by atoms with Crippen LogP contribution in [0, 0.1) is 5.92 Å². The van der Waals surface area contributed by atoms with Crippen LogP contribution in [0.2, 0.25) is 0 Å². The van der Waals surface area contributed by atoms with Gasteiger partial charge in [0.15, 0.2) is 0 Å². The highest BCUT2D eigenvalue weighted by Crippen LogP contribution is 2.58. The van der Waals surface area contributed by atoms with E-state index in [1.54, 1.807) is 0 Å². The maximum Gasteiger partial charge on any atom is 0.116 e. The van der Waals surface area contributed by atoms with Crippen LogP contribution in [0.25, 0.3) is 11.1 Å². The van der Waals surface area contributed by atoms with Crippen molar-refractivity contribution in [3.63, 3.8) is 0 Å². The Kier molecular flexibility index (Phi) is 10.3. The van der Waals surface area contributed by atoms with Crippen LogP contribution in [0.4, 0.5) is 0 Å². The summed E-state index contributed by atoms with van der Waals surface area (Å²) in [5, 5.41) is 4.28. The number of allylic oxidation sites excluding steroid dienone is 1. The minimum Gasteiger partial charge on any atom is -1.00 e. The maximum atomic E-state index is 3.94. The Morgan fingerprint density at radius 1 is 0.548 bits per heavy atom. The second-order valence-electron chi connectivity index (χ2n) is 11.5. The lowest BCUT2D eigenvalue weighted by molar-refractivity contribution is -0.00000803. The predicted octanol–water partition coefficient (Wildman–Crippen LogP) is 6.70. The molecule has 0 aliphatic heterocycles. The molecule has 0 atom stereocenters. The van der Waals surface area contributed by atoms with E-state index < -0.39 is 7.26 Å². The first kappa shape index (κ1) is 30.2. The molecule has 0 spiro atoms. The Balaban J connectivity index is 0.00000353. The highest BCUT2D eigenvalue weighted by Gasteiger charge is 2.45. The first-order valence-corrected chi connectivity index (χ1v) is 17.1. The van der Waals surface area contributed by atoms with Crippen molar-refractivity contribution in [3.8, 4) is 11.1 Å². The fourth-order valence-electron chi connectivity index (χ4n) is 6.76. The van der Waals surface area contributed by atoms with Crippen LogP contribution < -0.4 is 32.9 Å². The van der Waals surface area contributed by atoms with Crippen molar-refractivity contribution in [3.05, 3.63) is 163 Å². The smallest absolute Gasteiger partial charge is 0.116 e. The zero-order valence-electron chi connectivity index (χ0n) is 24.3. The SMILES string of the molecule is C=CCC1CCC(c2ccc(-c3ccc(C[P+](c4ccccc4)(c4ccccc4)c4ccccc4)cc3)cc2)CC1.[Br-]. The number of rotatable bonds is 9. The minimum absolute atomic E-state index is 0. The average Bonchev–Trinajstić information content (AvgIpc) is 3.06. The fraction of sp³-hybridized carbons (Fsp3) is 0.200. The molecular formula is C40H40BrP. The average molecular weight is 632 g/mol. The zero-order chi connectivity index (χ0) is 27.9. The number of halogens is 1. The molecule has 5 aromatic carbocycles. The van der Waals surface area contributed by atoms with E-state index in [0.717, 1.165) is 12.1 Å². The fourth-order valence-corrected chi connectivity index (χ4v) is 11.0. The number of hydrogen-bond donors (Lipinski definition) is 0. The van der Waals surface area contributed by atoms with Gasteiger partial charge in [-0.15, -0.1) is 6.58 Å². The third-order valence-corrected chi connectivity index (χ3v) is 13.4. The minimum atomic E-state index is -1.90. The monoisotopic (exact) mass is 630 g/mol. The quantitative estimate of drug-likeness (QED) is 0.126. The standard InChI is InChI=1S/C40H40P.BrH/c1-2-12-32-19-23-34(24-20-32)36-27-29-37(30-28-36)35-25-21-33(22-26-35)31-41(38-13-6-3-7-14-38,39-15-8-4-9-16-39)40-17-10-5-11-18-40;/h2-11,13-18,21-22,25-30,32,34H,1,12,19-20,23-24,31H2;1H/q+1;/p-1. The molecule has 42 heavy (non-hydrogen) atoms. The summed E-state index contributed by atoms with van der Waals surface area (Å²) in [4.78, 5) is 0. The summed E-state index contributed by atoms with van der Waals surface area (Å²) in [6.45, 7) is 3.94. The maximum absolute atomic E-state index is 3.94. The van der Waals surface area contributed by atoms with Crippen LogP contribution in [0.1, 0.15) is 49.1 Å². The number of hydrogen-bond acceptors (Lipinski definition) is 0. The third kappa shape index (κ3) is 6.54. The highest BCUT2D eigenvalue weighted by molar-refractivity contribution is 7.95. The van der Waals surface area contributed by atoms with Crippen LogP contribution >= 0.6 is 7.26 Å². The largest absolute Gasteiger partial charge is 1.00 e. The molecule has 5 aromatic rings. The predicted molar refractivity (Wildman–Crippen MR) is 180 cm³/mol. The second-order valence-corrected chi connectivity index (χ2v) is 15.0. The summed E-state index contributed by atoms with van der Waals surface area (Å²) < 4.78 is 0. The Morgan fingerprint density at radius 3 is 1.40 bits per heavy atom. The van der Waals surface area contributed by atoms with Crippen molar-refractivity contribution < 1.29 is 17.0 Å². The van der Waals surface area contributed by atoms with Crippen molar-refractivity contribution in [1.29, 1.82) is 0 Å². The van der Waals surface area contributed by atoms with Crippen molar-refractivity contribution in [1.82, 2.24) is 0 Å². The molecule has 0 nitrogen and oxygen atoms in total. The van der Waals surface area contributed by atoms with Gasteiger partial charge < -0.3 is 17.0 Å². The summed E-state index contributed by atoms with van der Waals surface area (Å²) in [5.74, 6) is 1.55. The van der Waals surface area contributed by atoms with E-state index in [9.17, 15) is 0 Å². The lowest BCUT2D eigenvalue weighted by atomic mass is 9.77. The van der Waals surface area contributed by atoms with Gasteiger partial charge in [0.1, 0.15) is 23.2 Å². The van der Waals surface area contributed by atoms with Gasteiger partial charge in [0.25, 0.3) is 0 Å². The van der Waals surface area contributed by atoms with Crippen LogP contribution in [-0.4, -0.2) is 0 Å². The molecule has 0 saturated heterocycles. The van der Waals surface area contributed by atoms with Crippen LogP contribution in [0.5, 0.6) is 0 Å². The van der Waals surface area contributed by atoms with Gasteiger partial charge in [0.05, 0.1) is 6.16 Å². The Morgan fingerprint density at radius 2 is 0.976 bits per heavy atom. The van der Waals surface area contributed by atoms with E-state index in [2.05, 4.69) is 152 Å². The summed E-state index contributed by atoms with van der Waals surface area (Å²) >= 11 is 0. The molecule has 0 N–H and O–H groups in total.